The fraction of sp³-hybridized carbons (Fsp3) is 0.562. The van der Waals surface area contributed by atoms with E-state index < -0.39 is 0 Å². The van der Waals surface area contributed by atoms with Crippen LogP contribution in [0.5, 0.6) is 0 Å². The maximum absolute atomic E-state index is 12.1. The fourth-order valence-electron chi connectivity index (χ4n) is 2.64. The molecular weight excluding hydrogens is 250 g/mol. The summed E-state index contributed by atoms with van der Waals surface area (Å²) < 4.78 is 0. The summed E-state index contributed by atoms with van der Waals surface area (Å²) >= 11 is 0. The Kier molecular flexibility index (Phi) is 5.27. The van der Waals surface area contributed by atoms with Gasteiger partial charge in [-0.2, -0.15) is 0 Å². The number of para-hydroxylation sites is 1. The largest absolute Gasteiger partial charge is 0.373 e. The van der Waals surface area contributed by atoms with E-state index in [9.17, 15) is 4.79 Å². The second kappa shape index (κ2) is 7.17. The van der Waals surface area contributed by atoms with Crippen molar-refractivity contribution in [1.82, 2.24) is 10.2 Å². The quantitative estimate of drug-likeness (QED) is 0.917. The number of piperidine rings is 1. The van der Waals surface area contributed by atoms with Gasteiger partial charge in [0.05, 0.1) is 0 Å². The zero-order valence-electron chi connectivity index (χ0n) is 12.5. The molecule has 20 heavy (non-hydrogen) atoms. The molecule has 1 saturated heterocycles. The first-order valence-corrected chi connectivity index (χ1v) is 7.49. The molecule has 0 aromatic heterocycles. The average Bonchev–Trinajstić information content (AvgIpc) is 2.48. The lowest BCUT2D eigenvalue weighted by atomic mass is 10.0. The first kappa shape index (κ1) is 14.7. The summed E-state index contributed by atoms with van der Waals surface area (Å²) in [5.74, 6) is 0. The number of rotatable bonds is 4. The van der Waals surface area contributed by atoms with E-state index >= 15 is 0 Å². The molecule has 0 bridgehead atoms. The van der Waals surface area contributed by atoms with E-state index in [0.717, 1.165) is 25.9 Å². The summed E-state index contributed by atoms with van der Waals surface area (Å²) in [7, 11) is 2.05. The molecule has 0 aliphatic carbocycles. The number of urea groups is 1. The Bertz CT molecular complexity index is 421. The first-order valence-electron chi connectivity index (χ1n) is 7.49. The molecular formula is C16H25N3O. The lowest BCUT2D eigenvalue weighted by molar-refractivity contribution is 0.158. The molecule has 4 heteroatoms. The number of likely N-dealkylation sites (tertiary alicyclic amines) is 1. The highest BCUT2D eigenvalue weighted by Gasteiger charge is 2.22. The van der Waals surface area contributed by atoms with Gasteiger partial charge < -0.3 is 15.1 Å². The summed E-state index contributed by atoms with van der Waals surface area (Å²) in [5, 5.41) is 3.03. The number of anilines is 1. The maximum atomic E-state index is 12.1. The zero-order valence-corrected chi connectivity index (χ0v) is 12.5. The van der Waals surface area contributed by atoms with Crippen molar-refractivity contribution >= 4 is 11.7 Å². The number of amides is 2. The van der Waals surface area contributed by atoms with E-state index in [1.165, 1.54) is 12.1 Å². The van der Waals surface area contributed by atoms with Gasteiger partial charge in [-0.25, -0.2) is 4.79 Å². The number of nitrogens with one attached hydrogen (secondary N) is 1. The normalized spacial score (nSPS) is 18.7. The molecule has 0 radical (unpaired) electrons. The summed E-state index contributed by atoms with van der Waals surface area (Å²) in [4.78, 5) is 16.2. The predicted octanol–water partition coefficient (Wildman–Crippen LogP) is 2.71. The lowest BCUT2D eigenvalue weighted by Gasteiger charge is -2.33. The number of hydrogen-bond acceptors (Lipinski definition) is 2. The molecule has 110 valence electrons. The average molecular weight is 275 g/mol. The Morgan fingerprint density at radius 1 is 1.35 bits per heavy atom. The van der Waals surface area contributed by atoms with Crippen LogP contribution in [-0.2, 0) is 0 Å². The van der Waals surface area contributed by atoms with Crippen molar-refractivity contribution in [3.8, 4) is 0 Å². The van der Waals surface area contributed by atoms with Crippen molar-refractivity contribution in [2.75, 3.05) is 31.6 Å². The van der Waals surface area contributed by atoms with Gasteiger partial charge in [0.25, 0.3) is 0 Å². The molecule has 2 rings (SSSR count). The molecule has 0 saturated carbocycles. The number of carbonyl (C=O) groups is 1. The van der Waals surface area contributed by atoms with Crippen molar-refractivity contribution in [1.29, 1.82) is 0 Å². The van der Waals surface area contributed by atoms with Crippen LogP contribution in [0.25, 0.3) is 0 Å². The smallest absolute Gasteiger partial charge is 0.317 e. The minimum Gasteiger partial charge on any atom is -0.373 e. The Balaban J connectivity index is 1.74. The van der Waals surface area contributed by atoms with Crippen LogP contribution < -0.4 is 10.2 Å². The van der Waals surface area contributed by atoms with Gasteiger partial charge in [0.15, 0.2) is 0 Å². The molecule has 2 amide bonds. The highest BCUT2D eigenvalue weighted by atomic mass is 16.2. The van der Waals surface area contributed by atoms with E-state index in [4.69, 9.17) is 0 Å². The molecule has 1 N–H and O–H groups in total. The van der Waals surface area contributed by atoms with E-state index in [1.54, 1.807) is 0 Å². The Morgan fingerprint density at radius 2 is 2.10 bits per heavy atom. The second-order valence-electron chi connectivity index (χ2n) is 5.53. The molecule has 1 atom stereocenters. The van der Waals surface area contributed by atoms with Crippen LogP contribution in [0.15, 0.2) is 30.3 Å². The highest BCUT2D eigenvalue weighted by molar-refractivity contribution is 5.74. The van der Waals surface area contributed by atoms with Gasteiger partial charge in [0.1, 0.15) is 0 Å². The number of likely N-dealkylation sites (N-methyl/N-ethyl adjacent to an activating group) is 1. The van der Waals surface area contributed by atoms with E-state index in [0.29, 0.717) is 12.6 Å². The minimum atomic E-state index is 0.0821. The van der Waals surface area contributed by atoms with Gasteiger partial charge in [-0.1, -0.05) is 18.2 Å². The Labute approximate surface area is 121 Å². The van der Waals surface area contributed by atoms with Crippen molar-refractivity contribution < 1.29 is 4.79 Å². The van der Waals surface area contributed by atoms with Crippen LogP contribution in [0.1, 0.15) is 26.2 Å². The number of nitrogens with zero attached hydrogens (tertiary/aromatic N) is 2. The van der Waals surface area contributed by atoms with Crippen molar-refractivity contribution in [2.45, 2.75) is 32.2 Å². The molecule has 0 spiro atoms. The molecule has 1 aliphatic rings. The van der Waals surface area contributed by atoms with Crippen LogP contribution >= 0.6 is 0 Å². The summed E-state index contributed by atoms with van der Waals surface area (Å²) in [5.41, 5.74) is 1.17. The lowest BCUT2D eigenvalue weighted by Crippen LogP contribution is -2.48. The summed E-state index contributed by atoms with van der Waals surface area (Å²) in [6, 6.07) is 10.7. The fourth-order valence-corrected chi connectivity index (χ4v) is 2.64. The van der Waals surface area contributed by atoms with Gasteiger partial charge >= 0.3 is 6.03 Å². The van der Waals surface area contributed by atoms with Crippen LogP contribution in [0, 0.1) is 0 Å². The van der Waals surface area contributed by atoms with Crippen LogP contribution in [0.2, 0.25) is 0 Å². The molecule has 1 heterocycles. The minimum absolute atomic E-state index is 0.0821. The van der Waals surface area contributed by atoms with Gasteiger partial charge in [-0.3, -0.25) is 0 Å². The van der Waals surface area contributed by atoms with Crippen LogP contribution in [-0.4, -0.2) is 43.7 Å². The summed E-state index contributed by atoms with van der Waals surface area (Å²) in [6.45, 7) is 4.52. The standard InChI is InChI=1S/C16H25N3O/c1-14-8-6-7-12-19(14)16(20)17-11-13-18(2)15-9-4-3-5-10-15/h3-5,9-10,14H,6-8,11-13H2,1-2H3,(H,17,20). The highest BCUT2D eigenvalue weighted by Crippen LogP contribution is 2.16. The maximum Gasteiger partial charge on any atom is 0.317 e. The zero-order chi connectivity index (χ0) is 14.4. The molecule has 1 aromatic rings. The molecule has 4 nitrogen and oxygen atoms in total. The molecule has 1 aliphatic heterocycles. The SMILES string of the molecule is CC1CCCCN1C(=O)NCCN(C)c1ccccc1. The van der Waals surface area contributed by atoms with Crippen LogP contribution in [0.3, 0.4) is 0 Å². The topological polar surface area (TPSA) is 35.6 Å². The number of hydrogen-bond donors (Lipinski definition) is 1. The first-order chi connectivity index (χ1) is 9.68. The van der Waals surface area contributed by atoms with Crippen LogP contribution in [0.4, 0.5) is 10.5 Å². The van der Waals surface area contributed by atoms with E-state index in [2.05, 4.69) is 29.3 Å². The van der Waals surface area contributed by atoms with E-state index in [1.807, 2.05) is 30.1 Å². The third-order valence-corrected chi connectivity index (χ3v) is 3.98. The molecule has 1 fully saturated rings. The van der Waals surface area contributed by atoms with Gasteiger partial charge in [0.2, 0.25) is 0 Å². The third-order valence-electron chi connectivity index (χ3n) is 3.98. The van der Waals surface area contributed by atoms with Crippen molar-refractivity contribution in [2.24, 2.45) is 0 Å². The second-order valence-corrected chi connectivity index (χ2v) is 5.53. The number of benzene rings is 1. The summed E-state index contributed by atoms with van der Waals surface area (Å²) in [6.07, 6.45) is 3.49. The van der Waals surface area contributed by atoms with E-state index in [-0.39, 0.29) is 6.03 Å². The molecule has 1 aromatic carbocycles. The predicted molar refractivity (Wildman–Crippen MR) is 83.1 cm³/mol. The van der Waals surface area contributed by atoms with Gasteiger partial charge in [0, 0.05) is 38.4 Å². The molecule has 1 unspecified atom stereocenters. The number of carbonyl (C=O) groups excluding carboxylic acids is 1. The Hall–Kier alpha value is -1.71. The Morgan fingerprint density at radius 3 is 2.80 bits per heavy atom. The van der Waals surface area contributed by atoms with Crippen molar-refractivity contribution in [3.63, 3.8) is 0 Å². The van der Waals surface area contributed by atoms with Crippen molar-refractivity contribution in [3.05, 3.63) is 30.3 Å². The van der Waals surface area contributed by atoms with Gasteiger partial charge in [-0.05, 0) is 38.3 Å². The van der Waals surface area contributed by atoms with Gasteiger partial charge in [-0.15, -0.1) is 0 Å². The monoisotopic (exact) mass is 275 g/mol. The third kappa shape index (κ3) is 3.89.